The minimum atomic E-state index is -0.485. The Morgan fingerprint density at radius 2 is 1.86 bits per heavy atom. The van der Waals surface area contributed by atoms with Crippen LogP contribution >= 0.6 is 0 Å². The van der Waals surface area contributed by atoms with Crippen LogP contribution in [0.2, 0.25) is 0 Å². The molecule has 2 aromatic carbocycles. The van der Waals surface area contributed by atoms with E-state index in [9.17, 15) is 19.3 Å². The first-order chi connectivity index (χ1) is 13.4. The molecule has 7 nitrogen and oxygen atoms in total. The Hall–Kier alpha value is -3.00. The fourth-order valence-corrected chi connectivity index (χ4v) is 4.15. The molecule has 0 bridgehead atoms. The lowest BCUT2D eigenvalue weighted by Crippen LogP contribution is -2.45. The molecule has 0 aliphatic carbocycles. The molecule has 2 heterocycles. The topological polar surface area (TPSA) is 78.7 Å². The molecule has 0 atom stereocenters. The minimum absolute atomic E-state index is 0.0368. The number of nitro groups is 1. The molecule has 0 saturated carbocycles. The van der Waals surface area contributed by atoms with Gasteiger partial charge < -0.3 is 10.2 Å². The van der Waals surface area contributed by atoms with Crippen molar-refractivity contribution in [3.63, 3.8) is 0 Å². The van der Waals surface area contributed by atoms with Gasteiger partial charge in [0, 0.05) is 35.5 Å². The lowest BCUT2D eigenvalue weighted by atomic mass is 9.74. The summed E-state index contributed by atoms with van der Waals surface area (Å²) in [6.07, 6.45) is 1.72. The molecule has 28 heavy (non-hydrogen) atoms. The number of amides is 2. The molecule has 2 aliphatic rings. The number of piperidine rings is 1. The van der Waals surface area contributed by atoms with E-state index in [-0.39, 0.29) is 23.0 Å². The largest absolute Gasteiger partial charge is 0.326 e. The second-order valence-electron chi connectivity index (χ2n) is 7.57. The summed E-state index contributed by atoms with van der Waals surface area (Å²) in [5.74, 6) is -0.297. The predicted molar refractivity (Wildman–Crippen MR) is 104 cm³/mol. The Morgan fingerprint density at radius 1 is 1.18 bits per heavy atom. The number of nitrogens with one attached hydrogen (secondary N) is 1. The maximum atomic E-state index is 14.0. The number of rotatable bonds is 2. The molecule has 4 rings (SSSR count). The fraction of sp³-hybridized carbons (Fsp3) is 0.350. The number of hydrogen-bond donors (Lipinski definition) is 1. The standard InChI is InChI=1S/C20H21FN4O3/c1-23-10-8-20(9-11-23)13-24(18-7-2-14(21)12-17(18)20)19(26)22-15-3-5-16(6-4-15)25(27)28/h2-7,12H,8-11,13H2,1H3,(H,22,26). The fourth-order valence-electron chi connectivity index (χ4n) is 4.15. The number of fused-ring (bicyclic) bond motifs is 2. The summed E-state index contributed by atoms with van der Waals surface area (Å²) < 4.78 is 14.0. The predicted octanol–water partition coefficient (Wildman–Crippen LogP) is 3.75. The maximum absolute atomic E-state index is 14.0. The quantitative estimate of drug-likeness (QED) is 0.632. The zero-order valence-electron chi connectivity index (χ0n) is 15.5. The number of halogens is 1. The molecular formula is C20H21FN4O3. The highest BCUT2D eigenvalue weighted by Crippen LogP contribution is 2.47. The number of carbonyl (C=O) groups is 1. The molecule has 8 heteroatoms. The zero-order valence-corrected chi connectivity index (χ0v) is 15.5. The van der Waals surface area contributed by atoms with E-state index >= 15 is 0 Å². The Bertz CT molecular complexity index is 924. The van der Waals surface area contributed by atoms with Gasteiger partial charge in [-0.05, 0) is 68.9 Å². The molecule has 146 valence electrons. The van der Waals surface area contributed by atoms with Crippen LogP contribution < -0.4 is 10.2 Å². The van der Waals surface area contributed by atoms with Gasteiger partial charge in [-0.25, -0.2) is 9.18 Å². The van der Waals surface area contributed by atoms with Crippen LogP contribution in [0.15, 0.2) is 42.5 Å². The number of likely N-dealkylation sites (tertiary alicyclic amines) is 1. The first-order valence-electron chi connectivity index (χ1n) is 9.20. The zero-order chi connectivity index (χ0) is 19.9. The van der Waals surface area contributed by atoms with E-state index in [0.29, 0.717) is 12.2 Å². The van der Waals surface area contributed by atoms with E-state index in [1.165, 1.54) is 30.3 Å². The van der Waals surface area contributed by atoms with Crippen LogP contribution in [0.1, 0.15) is 18.4 Å². The van der Waals surface area contributed by atoms with Crippen LogP contribution in [0, 0.1) is 15.9 Å². The van der Waals surface area contributed by atoms with Crippen LogP contribution in [0.5, 0.6) is 0 Å². The van der Waals surface area contributed by atoms with Crippen LogP contribution in [0.4, 0.5) is 26.2 Å². The van der Waals surface area contributed by atoms with Crippen LogP contribution in [0.3, 0.4) is 0 Å². The number of carbonyl (C=O) groups excluding carboxylic acids is 1. The third kappa shape index (κ3) is 3.20. The van der Waals surface area contributed by atoms with Gasteiger partial charge in [0.05, 0.1) is 4.92 Å². The summed E-state index contributed by atoms with van der Waals surface area (Å²) in [4.78, 5) is 27.1. The molecular weight excluding hydrogens is 363 g/mol. The van der Waals surface area contributed by atoms with Gasteiger partial charge in [0.2, 0.25) is 0 Å². The highest BCUT2D eigenvalue weighted by atomic mass is 19.1. The second kappa shape index (κ2) is 6.87. The molecule has 1 fully saturated rings. The smallest absolute Gasteiger partial charge is 0.308 e. The van der Waals surface area contributed by atoms with Crippen molar-refractivity contribution in [2.45, 2.75) is 18.3 Å². The Kier molecular flexibility index (Phi) is 4.50. The number of anilines is 2. The van der Waals surface area contributed by atoms with Gasteiger partial charge in [0.15, 0.2) is 0 Å². The maximum Gasteiger partial charge on any atom is 0.326 e. The molecule has 2 amide bonds. The minimum Gasteiger partial charge on any atom is -0.308 e. The summed E-state index contributed by atoms with van der Waals surface area (Å²) in [5.41, 5.74) is 1.82. The summed E-state index contributed by atoms with van der Waals surface area (Å²) in [6, 6.07) is 9.97. The van der Waals surface area contributed by atoms with Gasteiger partial charge in [-0.15, -0.1) is 0 Å². The summed E-state index contributed by atoms with van der Waals surface area (Å²) >= 11 is 0. The Labute approximate surface area is 161 Å². The van der Waals surface area contributed by atoms with Crippen molar-refractivity contribution in [3.05, 3.63) is 64.0 Å². The molecule has 0 radical (unpaired) electrons. The Morgan fingerprint density at radius 3 is 2.50 bits per heavy atom. The van der Waals surface area contributed by atoms with Crippen molar-refractivity contribution in [1.29, 1.82) is 0 Å². The van der Waals surface area contributed by atoms with Gasteiger partial charge in [0.25, 0.3) is 5.69 Å². The third-order valence-corrected chi connectivity index (χ3v) is 5.80. The molecule has 0 aromatic heterocycles. The van der Waals surface area contributed by atoms with E-state index in [0.717, 1.165) is 37.2 Å². The normalized spacial score (nSPS) is 18.1. The number of hydrogen-bond acceptors (Lipinski definition) is 4. The lowest BCUT2D eigenvalue weighted by molar-refractivity contribution is -0.384. The van der Waals surface area contributed by atoms with Crippen molar-refractivity contribution < 1.29 is 14.1 Å². The number of benzene rings is 2. The van der Waals surface area contributed by atoms with Gasteiger partial charge >= 0.3 is 6.03 Å². The number of non-ortho nitro benzene ring substituents is 1. The van der Waals surface area contributed by atoms with E-state index in [2.05, 4.69) is 17.3 Å². The highest BCUT2D eigenvalue weighted by Gasteiger charge is 2.46. The monoisotopic (exact) mass is 384 g/mol. The van der Waals surface area contributed by atoms with Crippen molar-refractivity contribution >= 4 is 23.1 Å². The summed E-state index contributed by atoms with van der Waals surface area (Å²) in [5, 5.41) is 13.6. The van der Waals surface area contributed by atoms with E-state index in [1.54, 1.807) is 17.0 Å². The summed E-state index contributed by atoms with van der Waals surface area (Å²) in [7, 11) is 2.06. The first-order valence-corrected chi connectivity index (χ1v) is 9.20. The SMILES string of the molecule is CN1CCC2(CC1)CN(C(=O)Nc1ccc([N+](=O)[O-])cc1)c1ccc(F)cc12. The average Bonchev–Trinajstić information content (AvgIpc) is 2.98. The molecule has 2 aromatic rings. The molecule has 1 saturated heterocycles. The average molecular weight is 384 g/mol. The van der Waals surface area contributed by atoms with Gasteiger partial charge in [-0.2, -0.15) is 0 Å². The summed E-state index contributed by atoms with van der Waals surface area (Å²) in [6.45, 7) is 2.29. The van der Waals surface area contributed by atoms with E-state index < -0.39 is 4.92 Å². The number of nitro benzene ring substituents is 1. The van der Waals surface area contributed by atoms with Crippen molar-refractivity contribution in [1.82, 2.24) is 4.90 Å². The van der Waals surface area contributed by atoms with Gasteiger partial charge in [-0.1, -0.05) is 0 Å². The molecule has 0 unspecified atom stereocenters. The van der Waals surface area contributed by atoms with Crippen molar-refractivity contribution in [2.24, 2.45) is 0 Å². The number of nitrogens with zero attached hydrogens (tertiary/aromatic N) is 3. The van der Waals surface area contributed by atoms with Crippen LogP contribution in [-0.4, -0.2) is 42.5 Å². The van der Waals surface area contributed by atoms with Gasteiger partial charge in [-0.3, -0.25) is 15.0 Å². The van der Waals surface area contributed by atoms with Crippen molar-refractivity contribution in [2.75, 3.05) is 36.9 Å². The molecule has 1 spiro atoms. The van der Waals surface area contributed by atoms with E-state index in [4.69, 9.17) is 0 Å². The highest BCUT2D eigenvalue weighted by molar-refractivity contribution is 6.03. The Balaban J connectivity index is 1.59. The first kappa shape index (κ1) is 18.4. The number of urea groups is 1. The van der Waals surface area contributed by atoms with Crippen molar-refractivity contribution in [3.8, 4) is 0 Å². The molecule has 1 N–H and O–H groups in total. The lowest BCUT2D eigenvalue weighted by Gasteiger charge is -2.38. The van der Waals surface area contributed by atoms with Crippen LogP contribution in [-0.2, 0) is 5.41 Å². The van der Waals surface area contributed by atoms with E-state index in [1.807, 2.05) is 0 Å². The van der Waals surface area contributed by atoms with Crippen LogP contribution in [0.25, 0.3) is 0 Å². The molecule has 2 aliphatic heterocycles. The third-order valence-electron chi connectivity index (χ3n) is 5.80. The van der Waals surface area contributed by atoms with Gasteiger partial charge in [0.1, 0.15) is 5.82 Å². The second-order valence-corrected chi connectivity index (χ2v) is 7.57.